The topological polar surface area (TPSA) is 45.0 Å². The second-order valence-electron chi connectivity index (χ2n) is 5.57. The van der Waals surface area contributed by atoms with Gasteiger partial charge in [-0.25, -0.2) is 0 Å². The number of benzene rings is 2. The van der Waals surface area contributed by atoms with Crippen LogP contribution in [-0.4, -0.2) is 5.11 Å². The highest BCUT2D eigenvalue weighted by atomic mass is 35.5. The van der Waals surface area contributed by atoms with Gasteiger partial charge in [0.1, 0.15) is 17.1 Å². The molecule has 104 valence electrons. The zero-order valence-electron chi connectivity index (χ0n) is 11.8. The summed E-state index contributed by atoms with van der Waals surface area (Å²) in [5.74, 6) is 0.163. The second-order valence-corrected chi connectivity index (χ2v) is 5.98. The molecule has 0 atom stereocenters. The molecule has 0 spiro atoms. The molecule has 0 heterocycles. The summed E-state index contributed by atoms with van der Waals surface area (Å²) < 4.78 is 0. The molecule has 0 aliphatic carbocycles. The first-order valence-electron chi connectivity index (χ1n) is 6.38. The summed E-state index contributed by atoms with van der Waals surface area (Å²) in [6, 6.07) is 12.7. The molecule has 1 N–H and O–H groups in total. The van der Waals surface area contributed by atoms with Crippen LogP contribution in [0.1, 0.15) is 26.3 Å². The molecule has 0 fully saturated rings. The second kappa shape index (κ2) is 5.63. The van der Waals surface area contributed by atoms with Crippen molar-refractivity contribution >= 4 is 23.0 Å². The van der Waals surface area contributed by atoms with Crippen molar-refractivity contribution in [3.05, 3.63) is 53.1 Å². The number of azo groups is 1. The monoisotopic (exact) mass is 288 g/mol. The minimum Gasteiger partial charge on any atom is -0.505 e. The third-order valence-electron chi connectivity index (χ3n) is 2.94. The molecule has 0 unspecified atom stereocenters. The summed E-state index contributed by atoms with van der Waals surface area (Å²) in [5, 5.41) is 19.0. The Morgan fingerprint density at radius 1 is 0.900 bits per heavy atom. The summed E-state index contributed by atoms with van der Waals surface area (Å²) >= 11 is 6.02. The van der Waals surface area contributed by atoms with Crippen LogP contribution < -0.4 is 0 Å². The fraction of sp³-hybridized carbons (Fsp3) is 0.250. The van der Waals surface area contributed by atoms with E-state index in [0.29, 0.717) is 16.4 Å². The maximum Gasteiger partial charge on any atom is 0.146 e. The first-order valence-corrected chi connectivity index (χ1v) is 6.76. The summed E-state index contributed by atoms with van der Waals surface area (Å²) in [7, 11) is 0. The Balaban J connectivity index is 2.38. The lowest BCUT2D eigenvalue weighted by Gasteiger charge is -2.20. The van der Waals surface area contributed by atoms with Gasteiger partial charge >= 0.3 is 0 Å². The minimum atomic E-state index is -0.153. The van der Waals surface area contributed by atoms with E-state index in [2.05, 4.69) is 10.2 Å². The normalized spacial score (nSPS) is 12.0. The van der Waals surface area contributed by atoms with Crippen molar-refractivity contribution in [2.45, 2.75) is 26.2 Å². The molecule has 2 aromatic rings. The average molecular weight is 289 g/mol. The van der Waals surface area contributed by atoms with Gasteiger partial charge < -0.3 is 5.11 Å². The zero-order chi connectivity index (χ0) is 14.8. The van der Waals surface area contributed by atoms with Crippen LogP contribution in [0, 0.1) is 0 Å². The molecule has 0 radical (unpaired) electrons. The van der Waals surface area contributed by atoms with Crippen molar-refractivity contribution in [3.63, 3.8) is 0 Å². The van der Waals surface area contributed by atoms with Crippen LogP contribution in [0.5, 0.6) is 5.75 Å². The molecular weight excluding hydrogens is 272 g/mol. The molecule has 0 saturated carbocycles. The maximum atomic E-state index is 10.3. The van der Waals surface area contributed by atoms with Crippen LogP contribution >= 0.6 is 11.6 Å². The summed E-state index contributed by atoms with van der Waals surface area (Å²) in [6.45, 7) is 6.12. The van der Waals surface area contributed by atoms with Crippen LogP contribution in [0.2, 0.25) is 5.02 Å². The lowest BCUT2D eigenvalue weighted by Crippen LogP contribution is -2.10. The number of phenols is 1. The zero-order valence-corrected chi connectivity index (χ0v) is 12.5. The van der Waals surface area contributed by atoms with Crippen molar-refractivity contribution in [1.82, 2.24) is 0 Å². The van der Waals surface area contributed by atoms with Gasteiger partial charge in [-0.1, -0.05) is 56.6 Å². The molecule has 0 bridgehead atoms. The van der Waals surface area contributed by atoms with Crippen LogP contribution in [0.15, 0.2) is 52.7 Å². The van der Waals surface area contributed by atoms with E-state index in [4.69, 9.17) is 11.6 Å². The fourth-order valence-electron chi connectivity index (χ4n) is 1.86. The first kappa shape index (κ1) is 14.5. The van der Waals surface area contributed by atoms with Gasteiger partial charge in [0.25, 0.3) is 0 Å². The average Bonchev–Trinajstić information content (AvgIpc) is 2.38. The van der Waals surface area contributed by atoms with Crippen molar-refractivity contribution in [1.29, 1.82) is 0 Å². The van der Waals surface area contributed by atoms with E-state index in [1.165, 1.54) is 0 Å². The number of rotatable bonds is 2. The number of nitrogens with zero attached hydrogens (tertiary/aromatic N) is 2. The Morgan fingerprint density at radius 3 is 2.15 bits per heavy atom. The predicted molar refractivity (Wildman–Crippen MR) is 82.4 cm³/mol. The lowest BCUT2D eigenvalue weighted by atomic mass is 9.86. The number of hydrogen-bond acceptors (Lipinski definition) is 3. The lowest BCUT2D eigenvalue weighted by molar-refractivity contribution is 0.448. The molecule has 0 aliphatic rings. The Hall–Kier alpha value is -1.87. The molecule has 0 amide bonds. The molecule has 0 saturated heterocycles. The third-order valence-corrected chi connectivity index (χ3v) is 3.26. The number of aromatic hydroxyl groups is 1. The van der Waals surface area contributed by atoms with Gasteiger partial charge in [0.2, 0.25) is 0 Å². The van der Waals surface area contributed by atoms with Gasteiger partial charge in [0.05, 0.1) is 5.02 Å². The molecule has 2 aromatic carbocycles. The van der Waals surface area contributed by atoms with Crippen LogP contribution in [0.25, 0.3) is 0 Å². The van der Waals surface area contributed by atoms with E-state index in [-0.39, 0.29) is 11.2 Å². The van der Waals surface area contributed by atoms with Gasteiger partial charge in [-0.2, -0.15) is 0 Å². The van der Waals surface area contributed by atoms with E-state index in [1.54, 1.807) is 18.2 Å². The molecule has 0 aromatic heterocycles. The highest BCUT2D eigenvalue weighted by Gasteiger charge is 2.19. The maximum absolute atomic E-state index is 10.3. The van der Waals surface area contributed by atoms with Crippen LogP contribution in [0.3, 0.4) is 0 Å². The summed E-state index contributed by atoms with van der Waals surface area (Å²) in [6.07, 6.45) is 0. The largest absolute Gasteiger partial charge is 0.505 e. The standard InChI is InChI=1S/C16H17ClN2O/c1-16(2,3)11-7-6-10-14(15(11)20)19-18-13-9-5-4-8-12(13)17/h4-10,20H,1-3H3. The number of halogens is 1. The Morgan fingerprint density at radius 2 is 1.50 bits per heavy atom. The fourth-order valence-corrected chi connectivity index (χ4v) is 2.03. The Labute approximate surface area is 123 Å². The smallest absolute Gasteiger partial charge is 0.146 e. The van der Waals surface area contributed by atoms with Crippen LogP contribution in [-0.2, 0) is 5.41 Å². The van der Waals surface area contributed by atoms with Gasteiger partial charge in [-0.05, 0) is 23.6 Å². The Bertz CT molecular complexity index is 645. The van der Waals surface area contributed by atoms with E-state index >= 15 is 0 Å². The SMILES string of the molecule is CC(C)(C)c1cccc(N=Nc2ccccc2Cl)c1O. The van der Waals surface area contributed by atoms with E-state index in [0.717, 1.165) is 5.56 Å². The number of para-hydroxylation sites is 1. The molecule has 4 heteroatoms. The summed E-state index contributed by atoms with van der Waals surface area (Å²) in [5.41, 5.74) is 1.71. The first-order chi connectivity index (χ1) is 9.39. The van der Waals surface area contributed by atoms with Crippen molar-refractivity contribution < 1.29 is 5.11 Å². The predicted octanol–water partition coefficient (Wildman–Crippen LogP) is 5.76. The highest BCUT2D eigenvalue weighted by molar-refractivity contribution is 6.32. The van der Waals surface area contributed by atoms with Gasteiger partial charge in [-0.3, -0.25) is 0 Å². The Kier molecular flexibility index (Phi) is 4.09. The summed E-state index contributed by atoms with van der Waals surface area (Å²) in [4.78, 5) is 0. The molecule has 2 rings (SSSR count). The van der Waals surface area contributed by atoms with E-state index in [1.807, 2.05) is 45.0 Å². The van der Waals surface area contributed by atoms with Gasteiger partial charge in [0, 0.05) is 5.56 Å². The minimum absolute atomic E-state index is 0.153. The van der Waals surface area contributed by atoms with E-state index in [9.17, 15) is 5.11 Å². The van der Waals surface area contributed by atoms with Crippen molar-refractivity contribution in [2.24, 2.45) is 10.2 Å². The molecule has 3 nitrogen and oxygen atoms in total. The number of phenolic OH excluding ortho intramolecular Hbond substituents is 1. The number of hydrogen-bond donors (Lipinski definition) is 1. The highest BCUT2D eigenvalue weighted by Crippen LogP contribution is 2.38. The molecular formula is C16H17ClN2O. The van der Waals surface area contributed by atoms with Crippen LogP contribution in [0.4, 0.5) is 11.4 Å². The molecule has 20 heavy (non-hydrogen) atoms. The van der Waals surface area contributed by atoms with E-state index < -0.39 is 0 Å². The quantitative estimate of drug-likeness (QED) is 0.702. The van der Waals surface area contributed by atoms with Gasteiger partial charge in [0.15, 0.2) is 0 Å². The molecule has 0 aliphatic heterocycles. The van der Waals surface area contributed by atoms with Gasteiger partial charge in [-0.15, -0.1) is 10.2 Å². The van der Waals surface area contributed by atoms with Crippen molar-refractivity contribution in [3.8, 4) is 5.75 Å². The third kappa shape index (κ3) is 3.17. The van der Waals surface area contributed by atoms with Crippen molar-refractivity contribution in [2.75, 3.05) is 0 Å².